The molecule has 4 aliphatic rings. The molecule has 218 valence electrons. The third kappa shape index (κ3) is 3.87. The number of ether oxygens (including phenoxy) is 1. The van der Waals surface area contributed by atoms with E-state index in [-0.39, 0.29) is 29.8 Å². The molecule has 3 aliphatic carbocycles. The highest BCUT2D eigenvalue weighted by Crippen LogP contribution is 2.63. The number of hydrogen-bond acceptors (Lipinski definition) is 7. The number of methoxy groups -OCH3 is 1. The number of rotatable bonds is 7. The first kappa shape index (κ1) is 27.2. The maximum absolute atomic E-state index is 14.5. The molecule has 0 radical (unpaired) electrons. The number of carbonyl (C=O) groups is 3. The first-order valence-corrected chi connectivity index (χ1v) is 14.1. The largest absolute Gasteiger partial charge is 0.495 e. The van der Waals surface area contributed by atoms with Crippen LogP contribution >= 0.6 is 0 Å². The standard InChI is InChI=1S/C34H26N4O6/c1-44-27-13-7-6-12-26(27)37-32(40)30-29-22-8-2-4-10-24(22)34(31(30)33(37)41,25-11-5-3-9-23(25)29)19-35-36-28(39)18-20-14-16-21(17-15-20)38(42)43/h2-17,19,29-31H,18H2,1H3,(H,36,39)/b35-19+. The van der Waals surface area contributed by atoms with Gasteiger partial charge in [0, 0.05) is 24.3 Å². The second kappa shape index (κ2) is 10.3. The van der Waals surface area contributed by atoms with Gasteiger partial charge in [0.05, 0.1) is 41.4 Å². The fourth-order valence-electron chi connectivity index (χ4n) is 7.27. The molecule has 1 N–H and O–H groups in total. The number of nitrogens with one attached hydrogen (secondary N) is 1. The zero-order valence-corrected chi connectivity index (χ0v) is 23.5. The molecule has 0 aromatic heterocycles. The minimum absolute atomic E-state index is 0.0529. The highest BCUT2D eigenvalue weighted by Gasteiger charge is 2.68. The SMILES string of the molecule is COc1ccccc1N1C(=O)C2C3c4ccccc4C(/C=N/NC(=O)Cc4ccc([N+](=O)[O-])cc4)(c4ccccc43)C2C1=O. The summed E-state index contributed by atoms with van der Waals surface area (Å²) >= 11 is 0. The molecule has 8 rings (SSSR count). The van der Waals surface area contributed by atoms with Gasteiger partial charge in [-0.2, -0.15) is 5.10 Å². The van der Waals surface area contributed by atoms with Crippen molar-refractivity contribution in [3.8, 4) is 5.75 Å². The van der Waals surface area contributed by atoms with Crippen molar-refractivity contribution in [1.82, 2.24) is 5.43 Å². The molecule has 3 amide bonds. The van der Waals surface area contributed by atoms with Gasteiger partial charge >= 0.3 is 0 Å². The fraction of sp³-hybridized carbons (Fsp3) is 0.176. The van der Waals surface area contributed by atoms with Gasteiger partial charge < -0.3 is 4.74 Å². The minimum Gasteiger partial charge on any atom is -0.495 e. The first-order chi connectivity index (χ1) is 21.4. The van der Waals surface area contributed by atoms with E-state index in [1.165, 1.54) is 36.3 Å². The van der Waals surface area contributed by atoms with Gasteiger partial charge in [0.15, 0.2) is 0 Å². The molecule has 2 atom stereocenters. The molecule has 1 saturated heterocycles. The molecule has 2 bridgehead atoms. The zero-order valence-electron chi connectivity index (χ0n) is 23.5. The molecule has 1 heterocycles. The van der Waals surface area contributed by atoms with Crippen LogP contribution in [0.25, 0.3) is 0 Å². The van der Waals surface area contributed by atoms with Crippen molar-refractivity contribution < 1.29 is 24.0 Å². The van der Waals surface area contributed by atoms with Crippen molar-refractivity contribution in [3.05, 3.63) is 135 Å². The van der Waals surface area contributed by atoms with Crippen molar-refractivity contribution in [2.75, 3.05) is 12.0 Å². The number of nitro benzene ring substituents is 1. The van der Waals surface area contributed by atoms with E-state index in [2.05, 4.69) is 10.5 Å². The number of anilines is 1. The Bertz CT molecular complexity index is 1840. The van der Waals surface area contributed by atoms with Gasteiger partial charge in [-0.3, -0.25) is 24.5 Å². The van der Waals surface area contributed by atoms with Crippen molar-refractivity contribution in [2.45, 2.75) is 17.8 Å². The summed E-state index contributed by atoms with van der Waals surface area (Å²) in [5.74, 6) is -2.53. The van der Waals surface area contributed by atoms with Gasteiger partial charge in [-0.15, -0.1) is 0 Å². The monoisotopic (exact) mass is 586 g/mol. The van der Waals surface area contributed by atoms with Crippen LogP contribution in [0, 0.1) is 22.0 Å². The summed E-state index contributed by atoms with van der Waals surface area (Å²) < 4.78 is 5.53. The topological polar surface area (TPSA) is 131 Å². The van der Waals surface area contributed by atoms with Crippen LogP contribution in [0.4, 0.5) is 11.4 Å². The lowest BCUT2D eigenvalue weighted by Crippen LogP contribution is -2.54. The summed E-state index contributed by atoms with van der Waals surface area (Å²) in [6, 6.07) is 28.2. The van der Waals surface area contributed by atoms with E-state index in [0.29, 0.717) is 17.0 Å². The molecule has 2 unspecified atom stereocenters. The molecule has 10 heteroatoms. The number of hydrazone groups is 1. The van der Waals surface area contributed by atoms with Crippen LogP contribution < -0.4 is 15.1 Å². The predicted octanol–water partition coefficient (Wildman–Crippen LogP) is 4.50. The Labute approximate surface area is 252 Å². The smallest absolute Gasteiger partial charge is 0.269 e. The highest BCUT2D eigenvalue weighted by molar-refractivity contribution is 6.25. The Morgan fingerprint density at radius 2 is 1.55 bits per heavy atom. The third-order valence-electron chi connectivity index (χ3n) is 8.98. The van der Waals surface area contributed by atoms with Gasteiger partial charge in [0.2, 0.25) is 17.7 Å². The molecule has 44 heavy (non-hydrogen) atoms. The number of carbonyl (C=O) groups excluding carboxylic acids is 3. The summed E-state index contributed by atoms with van der Waals surface area (Å²) in [4.78, 5) is 53.4. The van der Waals surface area contributed by atoms with E-state index in [4.69, 9.17) is 4.74 Å². The number of hydrogen-bond donors (Lipinski definition) is 1. The molecule has 1 fully saturated rings. The first-order valence-electron chi connectivity index (χ1n) is 14.1. The molecular weight excluding hydrogens is 560 g/mol. The van der Waals surface area contributed by atoms with E-state index in [1.807, 2.05) is 48.5 Å². The Morgan fingerprint density at radius 1 is 0.932 bits per heavy atom. The number of imide groups is 1. The van der Waals surface area contributed by atoms with Crippen molar-refractivity contribution in [2.24, 2.45) is 16.9 Å². The van der Waals surface area contributed by atoms with Crippen molar-refractivity contribution >= 4 is 35.3 Å². The van der Waals surface area contributed by atoms with E-state index < -0.39 is 28.1 Å². The van der Waals surface area contributed by atoms with Crippen LogP contribution in [0.1, 0.15) is 33.7 Å². The number of benzene rings is 4. The lowest BCUT2D eigenvalue weighted by Gasteiger charge is -2.52. The maximum atomic E-state index is 14.5. The van der Waals surface area contributed by atoms with Crippen molar-refractivity contribution in [1.29, 1.82) is 0 Å². The van der Waals surface area contributed by atoms with Crippen LogP contribution in [0.5, 0.6) is 5.75 Å². The summed E-state index contributed by atoms with van der Waals surface area (Å²) in [6.07, 6.45) is 1.55. The normalized spacial score (nSPS) is 22.8. The van der Waals surface area contributed by atoms with Crippen LogP contribution in [-0.4, -0.2) is 36.0 Å². The Hall–Kier alpha value is -5.64. The van der Waals surface area contributed by atoms with E-state index in [0.717, 1.165) is 22.3 Å². The molecule has 0 spiro atoms. The summed E-state index contributed by atoms with van der Waals surface area (Å²) in [5, 5.41) is 15.4. The van der Waals surface area contributed by atoms with Crippen LogP contribution in [-0.2, 0) is 26.2 Å². The lowest BCUT2D eigenvalue weighted by molar-refractivity contribution is -0.384. The van der Waals surface area contributed by atoms with E-state index >= 15 is 0 Å². The van der Waals surface area contributed by atoms with Gasteiger partial charge in [0.25, 0.3) is 5.69 Å². The Morgan fingerprint density at radius 3 is 2.18 bits per heavy atom. The second-order valence-corrected chi connectivity index (χ2v) is 11.1. The van der Waals surface area contributed by atoms with Gasteiger partial charge in [-0.25, -0.2) is 10.3 Å². The van der Waals surface area contributed by atoms with Gasteiger partial charge in [-0.05, 0) is 39.9 Å². The summed E-state index contributed by atoms with van der Waals surface area (Å²) in [6.45, 7) is 0. The predicted molar refractivity (Wildman–Crippen MR) is 161 cm³/mol. The molecule has 4 aromatic rings. The maximum Gasteiger partial charge on any atom is 0.269 e. The minimum atomic E-state index is -1.14. The Balaban J connectivity index is 1.31. The third-order valence-corrected chi connectivity index (χ3v) is 8.98. The number of amides is 3. The highest BCUT2D eigenvalue weighted by atomic mass is 16.6. The van der Waals surface area contributed by atoms with E-state index in [9.17, 15) is 24.5 Å². The van der Waals surface area contributed by atoms with Gasteiger partial charge in [-0.1, -0.05) is 72.8 Å². The zero-order chi connectivity index (χ0) is 30.6. The molecule has 0 saturated carbocycles. The average molecular weight is 587 g/mol. The van der Waals surface area contributed by atoms with Crippen LogP contribution in [0.3, 0.4) is 0 Å². The average Bonchev–Trinajstić information content (AvgIpc) is 3.31. The number of nitro groups is 1. The molecule has 10 nitrogen and oxygen atoms in total. The van der Waals surface area contributed by atoms with Crippen LogP contribution in [0.15, 0.2) is 102 Å². The number of para-hydroxylation sites is 2. The van der Waals surface area contributed by atoms with Gasteiger partial charge in [0.1, 0.15) is 5.75 Å². The Kier molecular flexibility index (Phi) is 6.35. The quantitative estimate of drug-likeness (QED) is 0.147. The van der Waals surface area contributed by atoms with Crippen molar-refractivity contribution in [3.63, 3.8) is 0 Å². The second-order valence-electron chi connectivity index (χ2n) is 11.1. The molecule has 1 aliphatic heterocycles. The summed E-state index contributed by atoms with van der Waals surface area (Å²) in [5.41, 5.74) is 5.96. The lowest BCUT2D eigenvalue weighted by atomic mass is 9.47. The number of nitrogens with zero attached hydrogens (tertiary/aromatic N) is 3. The molecular formula is C34H26N4O6. The molecule has 4 aromatic carbocycles. The van der Waals surface area contributed by atoms with E-state index in [1.54, 1.807) is 30.5 Å². The number of non-ortho nitro benzene ring substituents is 1. The fourth-order valence-corrected chi connectivity index (χ4v) is 7.27. The summed E-state index contributed by atoms with van der Waals surface area (Å²) in [7, 11) is 1.50. The van der Waals surface area contributed by atoms with Crippen LogP contribution in [0.2, 0.25) is 0 Å².